The maximum absolute atomic E-state index is 12.2. The molecule has 1 unspecified atom stereocenters. The van der Waals surface area contributed by atoms with Crippen LogP contribution in [0, 0.1) is 0 Å². The average Bonchev–Trinajstić information content (AvgIpc) is 2.53. The lowest BCUT2D eigenvalue weighted by atomic mass is 10.1. The zero-order valence-corrected chi connectivity index (χ0v) is 13.0. The third kappa shape index (κ3) is 3.58. The smallest absolute Gasteiger partial charge is 0.239 e. The van der Waals surface area contributed by atoms with Crippen molar-refractivity contribution in [2.45, 2.75) is 33.4 Å². The standard InChI is InChI=1S/C17H23N3O/c1-4-20(5-2)17(21)13(3)19-12-15-8-6-7-14-11-18-10-9-16(14)15/h6-11,13,19H,4-5,12H2,1-3H3. The van der Waals surface area contributed by atoms with Crippen LogP contribution in [0.25, 0.3) is 10.8 Å². The highest BCUT2D eigenvalue weighted by atomic mass is 16.2. The Morgan fingerprint density at radius 2 is 2.05 bits per heavy atom. The highest BCUT2D eigenvalue weighted by Gasteiger charge is 2.17. The molecule has 21 heavy (non-hydrogen) atoms. The number of aromatic nitrogens is 1. The monoisotopic (exact) mass is 285 g/mol. The van der Waals surface area contributed by atoms with Gasteiger partial charge >= 0.3 is 0 Å². The number of amides is 1. The Labute approximate surface area is 126 Å². The molecule has 1 atom stereocenters. The Balaban J connectivity index is 2.06. The summed E-state index contributed by atoms with van der Waals surface area (Å²) in [6.07, 6.45) is 3.67. The van der Waals surface area contributed by atoms with E-state index in [0.717, 1.165) is 18.5 Å². The Bertz CT molecular complexity index is 603. The van der Waals surface area contributed by atoms with Crippen LogP contribution in [0.2, 0.25) is 0 Å². The summed E-state index contributed by atoms with van der Waals surface area (Å²) in [5.74, 6) is 0.155. The SMILES string of the molecule is CCN(CC)C(=O)C(C)NCc1cccc2cnccc12. The van der Waals surface area contributed by atoms with Gasteiger partial charge in [-0.1, -0.05) is 18.2 Å². The number of likely N-dealkylation sites (N-methyl/N-ethyl adjacent to an activating group) is 1. The number of rotatable bonds is 6. The van der Waals surface area contributed by atoms with Crippen molar-refractivity contribution >= 4 is 16.7 Å². The molecule has 1 aromatic heterocycles. The van der Waals surface area contributed by atoms with Gasteiger partial charge < -0.3 is 10.2 Å². The second-order valence-electron chi connectivity index (χ2n) is 5.13. The number of carbonyl (C=O) groups is 1. The van der Waals surface area contributed by atoms with Crippen LogP contribution >= 0.6 is 0 Å². The number of pyridine rings is 1. The summed E-state index contributed by atoms with van der Waals surface area (Å²) in [7, 11) is 0. The van der Waals surface area contributed by atoms with Gasteiger partial charge in [0.25, 0.3) is 0 Å². The molecule has 112 valence electrons. The Morgan fingerprint density at radius 1 is 1.29 bits per heavy atom. The first-order valence-corrected chi connectivity index (χ1v) is 7.51. The van der Waals surface area contributed by atoms with Crippen molar-refractivity contribution in [2.24, 2.45) is 0 Å². The van der Waals surface area contributed by atoms with Crippen molar-refractivity contribution in [2.75, 3.05) is 13.1 Å². The van der Waals surface area contributed by atoms with Crippen LogP contribution in [0.4, 0.5) is 0 Å². The maximum Gasteiger partial charge on any atom is 0.239 e. The fourth-order valence-electron chi connectivity index (χ4n) is 2.50. The van der Waals surface area contributed by atoms with Gasteiger partial charge in [0.05, 0.1) is 6.04 Å². The van der Waals surface area contributed by atoms with Gasteiger partial charge in [-0.25, -0.2) is 0 Å². The topological polar surface area (TPSA) is 45.2 Å². The molecule has 0 aliphatic heterocycles. The largest absolute Gasteiger partial charge is 0.342 e. The van der Waals surface area contributed by atoms with Gasteiger partial charge in [0, 0.05) is 37.4 Å². The predicted molar refractivity (Wildman–Crippen MR) is 86.0 cm³/mol. The minimum absolute atomic E-state index is 0.155. The summed E-state index contributed by atoms with van der Waals surface area (Å²) < 4.78 is 0. The van der Waals surface area contributed by atoms with E-state index in [-0.39, 0.29) is 11.9 Å². The number of hydrogen-bond donors (Lipinski definition) is 1. The molecule has 0 aliphatic carbocycles. The van der Waals surface area contributed by atoms with Gasteiger partial charge in [-0.15, -0.1) is 0 Å². The first kappa shape index (κ1) is 15.4. The molecule has 2 rings (SSSR count). The van der Waals surface area contributed by atoms with Gasteiger partial charge in [0.2, 0.25) is 5.91 Å². The molecule has 1 heterocycles. The molecule has 4 nitrogen and oxygen atoms in total. The van der Waals surface area contributed by atoms with Gasteiger partial charge in [0.1, 0.15) is 0 Å². The molecule has 0 radical (unpaired) electrons. The van der Waals surface area contributed by atoms with Crippen LogP contribution in [0.15, 0.2) is 36.7 Å². The fraction of sp³-hybridized carbons (Fsp3) is 0.412. The zero-order chi connectivity index (χ0) is 15.2. The van der Waals surface area contributed by atoms with E-state index < -0.39 is 0 Å². The quantitative estimate of drug-likeness (QED) is 0.887. The summed E-state index contributed by atoms with van der Waals surface area (Å²) >= 11 is 0. The zero-order valence-electron chi connectivity index (χ0n) is 13.0. The molecule has 0 aliphatic rings. The summed E-state index contributed by atoms with van der Waals surface area (Å²) in [6, 6.07) is 8.00. The minimum atomic E-state index is -0.179. The normalized spacial score (nSPS) is 12.3. The first-order valence-electron chi connectivity index (χ1n) is 7.51. The average molecular weight is 285 g/mol. The predicted octanol–water partition coefficient (Wildman–Crippen LogP) is 2.58. The first-order chi connectivity index (χ1) is 10.2. The van der Waals surface area contributed by atoms with Crippen molar-refractivity contribution in [1.29, 1.82) is 0 Å². The summed E-state index contributed by atoms with van der Waals surface area (Å²) in [4.78, 5) is 18.2. The van der Waals surface area contributed by atoms with Crippen LogP contribution in [-0.4, -0.2) is 34.9 Å². The summed E-state index contributed by atoms with van der Waals surface area (Å²) in [5.41, 5.74) is 1.19. The van der Waals surface area contributed by atoms with E-state index in [1.807, 2.05) is 44.0 Å². The molecule has 2 aromatic rings. The Morgan fingerprint density at radius 3 is 2.76 bits per heavy atom. The summed E-state index contributed by atoms with van der Waals surface area (Å²) in [5, 5.41) is 5.64. The van der Waals surface area contributed by atoms with Gasteiger partial charge in [-0.2, -0.15) is 0 Å². The lowest BCUT2D eigenvalue weighted by Gasteiger charge is -2.23. The number of fused-ring (bicyclic) bond motifs is 1. The van der Waals surface area contributed by atoms with Crippen molar-refractivity contribution in [3.05, 3.63) is 42.2 Å². The number of carbonyl (C=O) groups excluding carboxylic acids is 1. The Hall–Kier alpha value is -1.94. The fourth-order valence-corrected chi connectivity index (χ4v) is 2.50. The van der Waals surface area contributed by atoms with Crippen molar-refractivity contribution < 1.29 is 4.79 Å². The van der Waals surface area contributed by atoms with Crippen LogP contribution in [0.1, 0.15) is 26.3 Å². The highest BCUT2D eigenvalue weighted by molar-refractivity contribution is 5.85. The lowest BCUT2D eigenvalue weighted by Crippen LogP contribution is -2.44. The Kier molecular flexibility index (Phi) is 5.28. The molecule has 0 fully saturated rings. The summed E-state index contributed by atoms with van der Waals surface area (Å²) in [6.45, 7) is 8.11. The third-order valence-corrected chi connectivity index (χ3v) is 3.82. The van der Waals surface area contributed by atoms with Crippen LogP contribution in [0.5, 0.6) is 0 Å². The van der Waals surface area contributed by atoms with Crippen LogP contribution in [0.3, 0.4) is 0 Å². The van der Waals surface area contributed by atoms with E-state index >= 15 is 0 Å². The second-order valence-corrected chi connectivity index (χ2v) is 5.13. The molecule has 1 amide bonds. The molecule has 4 heteroatoms. The number of hydrogen-bond acceptors (Lipinski definition) is 3. The van der Waals surface area contributed by atoms with E-state index in [2.05, 4.69) is 22.4 Å². The molecule has 0 saturated carbocycles. The maximum atomic E-state index is 12.2. The van der Waals surface area contributed by atoms with E-state index in [4.69, 9.17) is 0 Å². The highest BCUT2D eigenvalue weighted by Crippen LogP contribution is 2.17. The molecule has 0 saturated heterocycles. The van der Waals surface area contributed by atoms with E-state index in [0.29, 0.717) is 6.54 Å². The van der Waals surface area contributed by atoms with Gasteiger partial charge in [0.15, 0.2) is 0 Å². The molecule has 0 bridgehead atoms. The molecular formula is C17H23N3O. The molecule has 1 aromatic carbocycles. The van der Waals surface area contributed by atoms with E-state index in [9.17, 15) is 4.79 Å². The molecular weight excluding hydrogens is 262 g/mol. The van der Waals surface area contributed by atoms with E-state index in [1.165, 1.54) is 10.9 Å². The van der Waals surface area contributed by atoms with Gasteiger partial charge in [-0.3, -0.25) is 9.78 Å². The molecule has 1 N–H and O–H groups in total. The lowest BCUT2D eigenvalue weighted by molar-refractivity contribution is -0.132. The number of nitrogens with one attached hydrogen (secondary N) is 1. The van der Waals surface area contributed by atoms with Crippen molar-refractivity contribution in [3.63, 3.8) is 0 Å². The molecule has 0 spiro atoms. The number of nitrogens with zero attached hydrogens (tertiary/aromatic N) is 2. The second kappa shape index (κ2) is 7.18. The van der Waals surface area contributed by atoms with Crippen molar-refractivity contribution in [1.82, 2.24) is 15.2 Å². The van der Waals surface area contributed by atoms with E-state index in [1.54, 1.807) is 6.20 Å². The van der Waals surface area contributed by atoms with Gasteiger partial charge in [-0.05, 0) is 37.8 Å². The number of benzene rings is 1. The van der Waals surface area contributed by atoms with Crippen LogP contribution < -0.4 is 5.32 Å². The van der Waals surface area contributed by atoms with Crippen molar-refractivity contribution in [3.8, 4) is 0 Å². The minimum Gasteiger partial charge on any atom is -0.342 e. The third-order valence-electron chi connectivity index (χ3n) is 3.82. The van der Waals surface area contributed by atoms with Crippen LogP contribution in [-0.2, 0) is 11.3 Å².